The van der Waals surface area contributed by atoms with Crippen molar-refractivity contribution >= 4 is 11.9 Å². The molecule has 1 heterocycles. The van der Waals surface area contributed by atoms with Gasteiger partial charge in [-0.25, -0.2) is 0 Å². The molecule has 1 aliphatic heterocycles. The van der Waals surface area contributed by atoms with Gasteiger partial charge in [0.2, 0.25) is 0 Å². The van der Waals surface area contributed by atoms with Gasteiger partial charge in [0.15, 0.2) is 5.96 Å². The van der Waals surface area contributed by atoms with Crippen LogP contribution in [0.3, 0.4) is 0 Å². The topological polar surface area (TPSA) is 65.4 Å². The van der Waals surface area contributed by atoms with E-state index in [-0.39, 0.29) is 11.9 Å². The van der Waals surface area contributed by atoms with Crippen LogP contribution >= 0.6 is 0 Å². The number of nitrogens with zero attached hydrogens (tertiary/aromatic N) is 1. The number of carbonyl (C=O) groups is 1. The lowest BCUT2D eigenvalue weighted by molar-refractivity contribution is -0.131. The molecule has 0 spiro atoms. The average Bonchev–Trinajstić information content (AvgIpc) is 2.40. The third kappa shape index (κ3) is 3.19. The van der Waals surface area contributed by atoms with E-state index in [9.17, 15) is 4.79 Å². The molecule has 98 valence electrons. The maximum absolute atomic E-state index is 12.2. The highest BCUT2D eigenvalue weighted by atomic mass is 16.5. The van der Waals surface area contributed by atoms with Gasteiger partial charge in [-0.3, -0.25) is 15.1 Å². The first-order chi connectivity index (χ1) is 7.90. The minimum Gasteiger partial charge on any atom is -0.385 e. The maximum Gasteiger partial charge on any atom is 0.254 e. The Hall–Kier alpha value is -1.10. The molecule has 0 aromatic heterocycles. The van der Waals surface area contributed by atoms with Crippen LogP contribution in [0, 0.1) is 11.3 Å². The van der Waals surface area contributed by atoms with Gasteiger partial charge >= 0.3 is 0 Å². The molecule has 1 saturated heterocycles. The number of nitrogens with one attached hydrogen (secondary N) is 2. The van der Waals surface area contributed by atoms with Gasteiger partial charge in [0.05, 0.1) is 0 Å². The molecule has 1 rings (SSSR count). The second-order valence-electron chi connectivity index (χ2n) is 5.21. The van der Waals surface area contributed by atoms with Crippen LogP contribution in [0.5, 0.6) is 0 Å². The van der Waals surface area contributed by atoms with Crippen molar-refractivity contribution in [1.82, 2.24) is 10.2 Å². The number of methoxy groups -OCH3 is 1. The fourth-order valence-electron chi connectivity index (χ4n) is 2.32. The molecule has 0 saturated carbocycles. The summed E-state index contributed by atoms with van der Waals surface area (Å²) in [5.74, 6) is 0.643. The molecule has 5 nitrogen and oxygen atoms in total. The molecular weight excluding hydrogens is 218 g/mol. The second-order valence-corrected chi connectivity index (χ2v) is 5.21. The molecule has 0 aromatic rings. The normalized spacial score (nSPS) is 24.6. The smallest absolute Gasteiger partial charge is 0.254 e. The van der Waals surface area contributed by atoms with Gasteiger partial charge in [-0.1, -0.05) is 13.8 Å². The van der Waals surface area contributed by atoms with Crippen LogP contribution in [0.1, 0.15) is 33.6 Å². The number of hydrogen-bond acceptors (Lipinski definition) is 3. The lowest BCUT2D eigenvalue weighted by Crippen LogP contribution is -2.45. The Bertz CT molecular complexity index is 304. The molecule has 0 bridgehead atoms. The van der Waals surface area contributed by atoms with Crippen molar-refractivity contribution in [3.8, 4) is 0 Å². The predicted molar refractivity (Wildman–Crippen MR) is 66.9 cm³/mol. The molecular formula is C12H23N3O2. The molecule has 0 aromatic carbocycles. The molecule has 0 radical (unpaired) electrons. The summed E-state index contributed by atoms with van der Waals surface area (Å²) < 4.78 is 4.96. The van der Waals surface area contributed by atoms with E-state index in [4.69, 9.17) is 10.1 Å². The van der Waals surface area contributed by atoms with Gasteiger partial charge in [0.25, 0.3) is 5.91 Å². The van der Waals surface area contributed by atoms with E-state index < -0.39 is 5.54 Å². The van der Waals surface area contributed by atoms with Crippen molar-refractivity contribution < 1.29 is 9.53 Å². The number of rotatable bonds is 6. The van der Waals surface area contributed by atoms with Gasteiger partial charge in [0, 0.05) is 20.3 Å². The van der Waals surface area contributed by atoms with Crippen LogP contribution in [0.4, 0.5) is 0 Å². The number of carbonyl (C=O) groups excluding carboxylic acids is 1. The summed E-state index contributed by atoms with van der Waals surface area (Å²) in [6.45, 7) is 7.19. The predicted octanol–water partition coefficient (Wildman–Crippen LogP) is 1.19. The zero-order chi connectivity index (χ0) is 13.1. The Balaban J connectivity index is 2.64. The Morgan fingerprint density at radius 3 is 2.71 bits per heavy atom. The van der Waals surface area contributed by atoms with Crippen LogP contribution in [0.15, 0.2) is 0 Å². The standard InChI is InChI=1S/C12H23N3O2/c1-9(2)8-12(3)10(16)15(11(13)14-12)6-5-7-17-4/h9H,5-8H2,1-4H3,(H2,13,14). The highest BCUT2D eigenvalue weighted by molar-refractivity contribution is 6.07. The van der Waals surface area contributed by atoms with Crippen molar-refractivity contribution in [1.29, 1.82) is 5.41 Å². The molecule has 5 heteroatoms. The van der Waals surface area contributed by atoms with E-state index >= 15 is 0 Å². The van der Waals surface area contributed by atoms with Crippen molar-refractivity contribution in [3.05, 3.63) is 0 Å². The lowest BCUT2D eigenvalue weighted by atomic mass is 9.91. The lowest BCUT2D eigenvalue weighted by Gasteiger charge is -2.23. The zero-order valence-corrected chi connectivity index (χ0v) is 11.2. The quantitative estimate of drug-likeness (QED) is 0.687. The monoisotopic (exact) mass is 241 g/mol. The van der Waals surface area contributed by atoms with Crippen LogP contribution in [0.25, 0.3) is 0 Å². The minimum absolute atomic E-state index is 0.00676. The van der Waals surface area contributed by atoms with Gasteiger partial charge < -0.3 is 10.1 Å². The Morgan fingerprint density at radius 2 is 2.18 bits per heavy atom. The van der Waals surface area contributed by atoms with Crippen molar-refractivity contribution in [2.75, 3.05) is 20.3 Å². The van der Waals surface area contributed by atoms with E-state index in [2.05, 4.69) is 19.2 Å². The van der Waals surface area contributed by atoms with Crippen molar-refractivity contribution in [3.63, 3.8) is 0 Å². The third-order valence-corrected chi connectivity index (χ3v) is 2.93. The van der Waals surface area contributed by atoms with Crippen LogP contribution in [-0.4, -0.2) is 42.6 Å². The Morgan fingerprint density at radius 1 is 1.53 bits per heavy atom. The maximum atomic E-state index is 12.2. The fourth-order valence-corrected chi connectivity index (χ4v) is 2.32. The summed E-state index contributed by atoms with van der Waals surface area (Å²) in [7, 11) is 1.64. The zero-order valence-electron chi connectivity index (χ0n) is 11.2. The van der Waals surface area contributed by atoms with E-state index in [1.807, 2.05) is 6.92 Å². The summed E-state index contributed by atoms with van der Waals surface area (Å²) in [4.78, 5) is 13.8. The molecule has 0 aliphatic carbocycles. The highest BCUT2D eigenvalue weighted by Crippen LogP contribution is 2.24. The van der Waals surface area contributed by atoms with Crippen LogP contribution in [0.2, 0.25) is 0 Å². The van der Waals surface area contributed by atoms with Crippen LogP contribution < -0.4 is 5.32 Å². The molecule has 1 aliphatic rings. The summed E-state index contributed by atoms with van der Waals surface area (Å²) >= 11 is 0. The first kappa shape index (κ1) is 14.0. The first-order valence-corrected chi connectivity index (χ1v) is 6.08. The molecule has 1 unspecified atom stereocenters. The van der Waals surface area contributed by atoms with E-state index in [1.165, 1.54) is 4.90 Å². The summed E-state index contributed by atoms with van der Waals surface area (Å²) in [6, 6.07) is 0. The molecule has 17 heavy (non-hydrogen) atoms. The summed E-state index contributed by atoms with van der Waals surface area (Å²) in [6.07, 6.45) is 1.50. The van der Waals surface area contributed by atoms with Gasteiger partial charge in [-0.05, 0) is 25.7 Å². The number of amides is 1. The summed E-state index contributed by atoms with van der Waals surface area (Å²) in [5, 5.41) is 10.8. The van der Waals surface area contributed by atoms with Crippen molar-refractivity contribution in [2.45, 2.75) is 39.2 Å². The fraction of sp³-hybridized carbons (Fsp3) is 0.833. The Labute approximate surface area is 103 Å². The van der Waals surface area contributed by atoms with E-state index in [0.29, 0.717) is 19.1 Å². The van der Waals surface area contributed by atoms with E-state index in [1.54, 1.807) is 7.11 Å². The van der Waals surface area contributed by atoms with E-state index in [0.717, 1.165) is 12.8 Å². The van der Waals surface area contributed by atoms with Crippen molar-refractivity contribution in [2.24, 2.45) is 5.92 Å². The van der Waals surface area contributed by atoms with Gasteiger partial charge in [-0.15, -0.1) is 0 Å². The van der Waals surface area contributed by atoms with Gasteiger partial charge in [0.1, 0.15) is 5.54 Å². The average molecular weight is 241 g/mol. The molecule has 1 fully saturated rings. The first-order valence-electron chi connectivity index (χ1n) is 6.08. The number of guanidine groups is 1. The third-order valence-electron chi connectivity index (χ3n) is 2.93. The molecule has 2 N–H and O–H groups in total. The summed E-state index contributed by atoms with van der Waals surface area (Å²) in [5.41, 5.74) is -0.613. The largest absolute Gasteiger partial charge is 0.385 e. The molecule has 1 atom stereocenters. The minimum atomic E-state index is -0.613. The SMILES string of the molecule is COCCCN1C(=N)NC(C)(CC(C)C)C1=O. The number of ether oxygens (including phenoxy) is 1. The van der Waals surface area contributed by atoms with Crippen LogP contribution in [-0.2, 0) is 9.53 Å². The highest BCUT2D eigenvalue weighted by Gasteiger charge is 2.45. The number of hydrogen-bond donors (Lipinski definition) is 2. The molecule has 1 amide bonds. The van der Waals surface area contributed by atoms with Gasteiger partial charge in [-0.2, -0.15) is 0 Å². The Kier molecular flexibility index (Phi) is 4.51. The second kappa shape index (κ2) is 5.49.